The van der Waals surface area contributed by atoms with Gasteiger partial charge in [0.15, 0.2) is 0 Å². The lowest BCUT2D eigenvalue weighted by molar-refractivity contribution is 0.199. The number of rotatable bonds is 3. The maximum atomic E-state index is 6.20. The first-order valence-electron chi connectivity index (χ1n) is 6.55. The standard InChI is InChI=1S/C14H20BrClN2S/c1-9-7-18(8-10(2)19-9)14(6-17)11-3-4-12(15)13(16)5-11/h3-5,9-10,14H,6-8,17H2,1-2H3. The molecular weight excluding hydrogens is 344 g/mol. The van der Waals surface area contributed by atoms with Gasteiger partial charge in [0.25, 0.3) is 0 Å². The normalized spacial score (nSPS) is 26.4. The number of benzene rings is 1. The van der Waals surface area contributed by atoms with Gasteiger partial charge in [-0.1, -0.05) is 31.5 Å². The number of hydrogen-bond acceptors (Lipinski definition) is 3. The van der Waals surface area contributed by atoms with Gasteiger partial charge in [-0.25, -0.2) is 0 Å². The van der Waals surface area contributed by atoms with Crippen molar-refractivity contribution >= 4 is 39.3 Å². The lowest BCUT2D eigenvalue weighted by Crippen LogP contribution is -2.44. The van der Waals surface area contributed by atoms with Gasteiger partial charge in [-0.15, -0.1) is 0 Å². The molecule has 0 spiro atoms. The van der Waals surface area contributed by atoms with Gasteiger partial charge < -0.3 is 5.73 Å². The van der Waals surface area contributed by atoms with Crippen molar-refractivity contribution in [3.05, 3.63) is 33.3 Å². The lowest BCUT2D eigenvalue weighted by atomic mass is 10.0. The van der Waals surface area contributed by atoms with Crippen LogP contribution in [0.1, 0.15) is 25.5 Å². The third kappa shape index (κ3) is 3.88. The van der Waals surface area contributed by atoms with E-state index in [-0.39, 0.29) is 6.04 Å². The summed E-state index contributed by atoms with van der Waals surface area (Å²) in [4.78, 5) is 2.49. The molecule has 1 fully saturated rings. The van der Waals surface area contributed by atoms with Crippen LogP contribution in [-0.2, 0) is 0 Å². The minimum Gasteiger partial charge on any atom is -0.329 e. The van der Waals surface area contributed by atoms with Gasteiger partial charge in [-0.2, -0.15) is 11.8 Å². The van der Waals surface area contributed by atoms with Crippen molar-refractivity contribution in [2.24, 2.45) is 5.73 Å². The van der Waals surface area contributed by atoms with Gasteiger partial charge in [0.1, 0.15) is 0 Å². The Labute approximate surface area is 133 Å². The van der Waals surface area contributed by atoms with Gasteiger partial charge in [0.05, 0.1) is 5.02 Å². The third-order valence-electron chi connectivity index (χ3n) is 3.44. The summed E-state index contributed by atoms with van der Waals surface area (Å²) < 4.78 is 0.935. The zero-order valence-corrected chi connectivity index (χ0v) is 14.4. The van der Waals surface area contributed by atoms with Crippen molar-refractivity contribution in [1.29, 1.82) is 0 Å². The first kappa shape index (κ1) is 15.6. The fraction of sp³-hybridized carbons (Fsp3) is 0.571. The maximum absolute atomic E-state index is 6.20. The van der Waals surface area contributed by atoms with Crippen molar-refractivity contribution in [1.82, 2.24) is 4.90 Å². The molecular formula is C14H20BrClN2S. The van der Waals surface area contributed by atoms with E-state index in [1.54, 1.807) is 0 Å². The molecule has 0 bridgehead atoms. The highest BCUT2D eigenvalue weighted by Crippen LogP contribution is 2.33. The number of nitrogens with zero attached hydrogens (tertiary/aromatic N) is 1. The molecule has 2 nitrogen and oxygen atoms in total. The van der Waals surface area contributed by atoms with Crippen molar-refractivity contribution in [3.8, 4) is 0 Å². The van der Waals surface area contributed by atoms with E-state index in [4.69, 9.17) is 17.3 Å². The Morgan fingerprint density at radius 1 is 1.42 bits per heavy atom. The summed E-state index contributed by atoms with van der Waals surface area (Å²) in [5.74, 6) is 0. The molecule has 106 valence electrons. The van der Waals surface area contributed by atoms with Crippen molar-refractivity contribution < 1.29 is 0 Å². The van der Waals surface area contributed by atoms with Crippen LogP contribution in [-0.4, -0.2) is 35.0 Å². The summed E-state index contributed by atoms with van der Waals surface area (Å²) in [5, 5.41) is 2.07. The molecule has 0 saturated carbocycles. The molecule has 1 aliphatic heterocycles. The first-order chi connectivity index (χ1) is 9.01. The number of nitrogens with two attached hydrogens (primary N) is 1. The van der Waals surface area contributed by atoms with Gasteiger partial charge in [0, 0.05) is 40.6 Å². The zero-order chi connectivity index (χ0) is 14.0. The molecule has 1 aliphatic rings. The molecule has 3 unspecified atom stereocenters. The molecule has 0 amide bonds. The predicted octanol–water partition coefficient (Wildman–Crippen LogP) is 3.93. The van der Waals surface area contributed by atoms with Gasteiger partial charge >= 0.3 is 0 Å². The van der Waals surface area contributed by atoms with Crippen molar-refractivity contribution in [2.45, 2.75) is 30.4 Å². The SMILES string of the molecule is CC1CN(C(CN)c2ccc(Br)c(Cl)c2)CC(C)S1. The smallest absolute Gasteiger partial charge is 0.0551 e. The summed E-state index contributed by atoms with van der Waals surface area (Å²) in [5.41, 5.74) is 7.22. The second-order valence-electron chi connectivity index (χ2n) is 5.14. The highest BCUT2D eigenvalue weighted by molar-refractivity contribution is 9.10. The second kappa shape index (κ2) is 6.81. The Kier molecular flexibility index (Phi) is 5.61. The lowest BCUT2D eigenvalue weighted by Gasteiger charge is -2.39. The van der Waals surface area contributed by atoms with Crippen LogP contribution in [0.25, 0.3) is 0 Å². The molecule has 1 aromatic rings. The summed E-state index contributed by atoms with van der Waals surface area (Å²) in [7, 11) is 0. The molecule has 19 heavy (non-hydrogen) atoms. The van der Waals surface area contributed by atoms with Crippen LogP contribution < -0.4 is 5.73 Å². The minimum absolute atomic E-state index is 0.261. The van der Waals surface area contributed by atoms with Crippen molar-refractivity contribution in [3.63, 3.8) is 0 Å². The van der Waals surface area contributed by atoms with Crippen LogP contribution >= 0.6 is 39.3 Å². The maximum Gasteiger partial charge on any atom is 0.0551 e. The third-order valence-corrected chi connectivity index (χ3v) is 5.90. The summed E-state index contributed by atoms with van der Waals surface area (Å²) in [6.07, 6.45) is 0. The summed E-state index contributed by atoms with van der Waals surface area (Å²) in [6.45, 7) is 7.38. The fourth-order valence-corrected chi connectivity index (χ4v) is 4.47. The van der Waals surface area contributed by atoms with Gasteiger partial charge in [-0.3, -0.25) is 4.90 Å². The molecule has 2 N–H and O–H groups in total. The van der Waals surface area contributed by atoms with Gasteiger partial charge in [-0.05, 0) is 33.6 Å². The van der Waals surface area contributed by atoms with Crippen LogP contribution in [0.5, 0.6) is 0 Å². The molecule has 1 saturated heterocycles. The summed E-state index contributed by atoms with van der Waals surface area (Å²) >= 11 is 11.7. The van der Waals surface area contributed by atoms with Crippen molar-refractivity contribution in [2.75, 3.05) is 19.6 Å². The number of hydrogen-bond donors (Lipinski definition) is 1. The first-order valence-corrected chi connectivity index (χ1v) is 8.67. The Hall–Kier alpha value is 0.260. The molecule has 2 rings (SSSR count). The van der Waals surface area contributed by atoms with Crippen LogP contribution in [0.15, 0.2) is 22.7 Å². The number of thioether (sulfide) groups is 1. The second-order valence-corrected chi connectivity index (χ2v) is 8.28. The topological polar surface area (TPSA) is 29.3 Å². The largest absolute Gasteiger partial charge is 0.329 e. The van der Waals surface area contributed by atoms with Crippen LogP contribution in [0, 0.1) is 0 Å². The van der Waals surface area contributed by atoms with E-state index >= 15 is 0 Å². The van der Waals surface area contributed by atoms with Crippen LogP contribution in [0.3, 0.4) is 0 Å². The van der Waals surface area contributed by atoms with Crippen LogP contribution in [0.4, 0.5) is 0 Å². The van der Waals surface area contributed by atoms with Gasteiger partial charge in [0.2, 0.25) is 0 Å². The zero-order valence-electron chi connectivity index (χ0n) is 11.3. The highest BCUT2D eigenvalue weighted by Gasteiger charge is 2.28. The molecule has 0 radical (unpaired) electrons. The quantitative estimate of drug-likeness (QED) is 0.882. The molecule has 0 aromatic heterocycles. The fourth-order valence-electron chi connectivity index (χ4n) is 2.69. The van der Waals surface area contributed by atoms with E-state index in [0.29, 0.717) is 17.0 Å². The minimum atomic E-state index is 0.261. The van der Waals surface area contributed by atoms with E-state index in [1.807, 2.05) is 12.1 Å². The molecule has 0 aliphatic carbocycles. The average molecular weight is 364 g/mol. The van der Waals surface area contributed by atoms with E-state index in [1.165, 1.54) is 5.56 Å². The molecule has 5 heteroatoms. The Balaban J connectivity index is 2.21. The van der Waals surface area contributed by atoms with E-state index < -0.39 is 0 Å². The van der Waals surface area contributed by atoms with E-state index in [0.717, 1.165) is 22.6 Å². The Morgan fingerprint density at radius 2 is 2.05 bits per heavy atom. The monoisotopic (exact) mass is 362 g/mol. The number of halogens is 2. The van der Waals surface area contributed by atoms with Crippen LogP contribution in [0.2, 0.25) is 5.02 Å². The predicted molar refractivity (Wildman–Crippen MR) is 89.0 cm³/mol. The highest BCUT2D eigenvalue weighted by atomic mass is 79.9. The van der Waals surface area contributed by atoms with E-state index in [2.05, 4.69) is 52.5 Å². The molecule has 1 heterocycles. The Bertz CT molecular complexity index is 433. The average Bonchev–Trinajstić information content (AvgIpc) is 2.33. The molecule has 1 aromatic carbocycles. The van der Waals surface area contributed by atoms with E-state index in [9.17, 15) is 0 Å². The Morgan fingerprint density at radius 3 is 2.58 bits per heavy atom. The molecule has 3 atom stereocenters. The summed E-state index contributed by atoms with van der Waals surface area (Å²) in [6, 6.07) is 6.41.